The van der Waals surface area contributed by atoms with Crippen molar-refractivity contribution in [2.24, 2.45) is 0 Å². The average molecular weight is 187 g/mol. The number of nitrogens with zero attached hydrogens (tertiary/aromatic N) is 1. The van der Waals surface area contributed by atoms with E-state index in [0.717, 1.165) is 5.56 Å². The number of rotatable bonds is 2. The van der Waals surface area contributed by atoms with Gasteiger partial charge in [0.15, 0.2) is 0 Å². The molecule has 1 amide bonds. The normalized spacial score (nSPS) is 14.4. The Morgan fingerprint density at radius 1 is 1.57 bits per heavy atom. The van der Waals surface area contributed by atoms with Crippen LogP contribution in [0.15, 0.2) is 18.2 Å². The van der Waals surface area contributed by atoms with Crippen LogP contribution >= 0.6 is 0 Å². The molecule has 70 valence electrons. The molecule has 14 heavy (non-hydrogen) atoms. The number of benzene rings is 1. The van der Waals surface area contributed by atoms with Crippen LogP contribution in [0.1, 0.15) is 15.9 Å². The molecule has 1 heterocycles. The van der Waals surface area contributed by atoms with E-state index in [1.807, 2.05) is 12.1 Å². The minimum atomic E-state index is -0.0126. The fraction of sp³-hybridized carbons (Fsp3) is 0.300. The van der Waals surface area contributed by atoms with Gasteiger partial charge in [0.1, 0.15) is 5.75 Å². The molecule has 1 aliphatic heterocycles. The summed E-state index contributed by atoms with van der Waals surface area (Å²) in [5.41, 5.74) is 1.72. The zero-order valence-electron chi connectivity index (χ0n) is 7.99. The van der Waals surface area contributed by atoms with Crippen LogP contribution in [0.4, 0.5) is 0 Å². The lowest BCUT2D eigenvalue weighted by atomic mass is 10.1. The van der Waals surface area contributed by atoms with Crippen LogP contribution in [-0.2, 0) is 6.54 Å². The summed E-state index contributed by atoms with van der Waals surface area (Å²) in [4.78, 5) is 13.3. The summed E-state index contributed by atoms with van der Waals surface area (Å²) in [6, 6.07) is 5.52. The van der Waals surface area contributed by atoms with Crippen LogP contribution in [-0.4, -0.2) is 32.2 Å². The number of methoxy groups -OCH3 is 1. The molecule has 0 atom stereocenters. The molecule has 0 N–H and O–H groups in total. The molecule has 0 unspecified atom stereocenters. The molecule has 0 spiro atoms. The van der Waals surface area contributed by atoms with E-state index >= 15 is 0 Å². The Bertz CT molecular complexity index is 378. The smallest absolute Gasteiger partial charge is 0.253 e. The molecule has 0 bridgehead atoms. The molecule has 3 nitrogen and oxygen atoms in total. The molecule has 0 saturated carbocycles. The third-order valence-corrected chi connectivity index (χ3v) is 2.42. The Kier molecular flexibility index (Phi) is 2.19. The molecule has 0 aliphatic carbocycles. The predicted molar refractivity (Wildman–Crippen MR) is 53.5 cm³/mol. The van der Waals surface area contributed by atoms with E-state index in [4.69, 9.17) is 12.6 Å². The highest BCUT2D eigenvalue weighted by atomic mass is 16.5. The summed E-state index contributed by atoms with van der Waals surface area (Å²) in [5, 5.41) is 0. The van der Waals surface area contributed by atoms with Crippen LogP contribution < -0.4 is 4.74 Å². The summed E-state index contributed by atoms with van der Waals surface area (Å²) in [6.07, 6.45) is 0.260. The second kappa shape index (κ2) is 3.37. The first kappa shape index (κ1) is 9.12. The maximum atomic E-state index is 11.7. The zero-order chi connectivity index (χ0) is 10.1. The van der Waals surface area contributed by atoms with Crippen molar-refractivity contribution < 1.29 is 9.53 Å². The first-order chi connectivity index (χ1) is 6.76. The Hall–Kier alpha value is -1.45. The van der Waals surface area contributed by atoms with E-state index in [1.165, 1.54) is 0 Å². The third-order valence-electron chi connectivity index (χ3n) is 2.42. The van der Waals surface area contributed by atoms with E-state index in [1.54, 1.807) is 18.1 Å². The van der Waals surface area contributed by atoms with Gasteiger partial charge in [-0.15, -0.1) is 0 Å². The maximum Gasteiger partial charge on any atom is 0.253 e. The second-order valence-corrected chi connectivity index (χ2v) is 3.21. The van der Waals surface area contributed by atoms with Crippen LogP contribution in [0.2, 0.25) is 0 Å². The highest BCUT2D eigenvalue weighted by Crippen LogP contribution is 2.25. The number of carbonyl (C=O) groups excluding carboxylic acids is 1. The van der Waals surface area contributed by atoms with Crippen molar-refractivity contribution in [1.29, 1.82) is 0 Å². The van der Waals surface area contributed by atoms with Gasteiger partial charge >= 0.3 is 0 Å². The van der Waals surface area contributed by atoms with Gasteiger partial charge < -0.3 is 9.64 Å². The summed E-state index contributed by atoms with van der Waals surface area (Å²) in [7, 11) is 7.03. The minimum Gasteiger partial charge on any atom is -0.497 e. The lowest BCUT2D eigenvalue weighted by molar-refractivity contribution is 0.0805. The highest BCUT2D eigenvalue weighted by Gasteiger charge is 2.25. The van der Waals surface area contributed by atoms with E-state index < -0.39 is 0 Å². The fourth-order valence-corrected chi connectivity index (χ4v) is 1.61. The van der Waals surface area contributed by atoms with Gasteiger partial charge in [-0.2, -0.15) is 0 Å². The summed E-state index contributed by atoms with van der Waals surface area (Å²) < 4.78 is 5.05. The highest BCUT2D eigenvalue weighted by molar-refractivity contribution is 6.11. The van der Waals surface area contributed by atoms with Crippen LogP contribution in [0, 0.1) is 0 Å². The van der Waals surface area contributed by atoms with E-state index in [-0.39, 0.29) is 12.4 Å². The van der Waals surface area contributed by atoms with Gasteiger partial charge in [-0.1, -0.05) is 6.07 Å². The van der Waals surface area contributed by atoms with Crippen LogP contribution in [0.3, 0.4) is 0 Å². The predicted octanol–water partition coefficient (Wildman–Crippen LogP) is 0.777. The standard InChI is InChI=1S/C10H10BNO2/c1-14-8-3-2-7-5-12(6-11)10(13)9(7)4-8/h2-4H,5-6H2,1H3. The van der Waals surface area contributed by atoms with Crippen molar-refractivity contribution in [3.8, 4) is 5.75 Å². The van der Waals surface area contributed by atoms with E-state index in [2.05, 4.69) is 0 Å². The SMILES string of the molecule is [B]CN1Cc2ccc(OC)cc2C1=O. The first-order valence-corrected chi connectivity index (χ1v) is 4.42. The van der Waals surface area contributed by atoms with Crippen LogP contribution in [0.5, 0.6) is 5.75 Å². The van der Waals surface area contributed by atoms with E-state index in [9.17, 15) is 4.79 Å². The van der Waals surface area contributed by atoms with E-state index in [0.29, 0.717) is 17.9 Å². The van der Waals surface area contributed by atoms with Crippen molar-refractivity contribution in [2.75, 3.05) is 13.6 Å². The summed E-state index contributed by atoms with van der Waals surface area (Å²) >= 11 is 0. The Morgan fingerprint density at radius 2 is 2.36 bits per heavy atom. The third kappa shape index (κ3) is 1.27. The average Bonchev–Trinajstić information content (AvgIpc) is 2.55. The first-order valence-electron chi connectivity index (χ1n) is 4.42. The monoisotopic (exact) mass is 187 g/mol. The number of fused-ring (bicyclic) bond motifs is 1. The molecular formula is C10H10BNO2. The molecule has 4 heteroatoms. The largest absolute Gasteiger partial charge is 0.497 e. The lowest BCUT2D eigenvalue weighted by Crippen LogP contribution is -2.24. The van der Waals surface area contributed by atoms with Gasteiger partial charge in [-0.05, 0) is 24.1 Å². The number of hydrogen-bond donors (Lipinski definition) is 0. The van der Waals surface area contributed by atoms with Gasteiger partial charge in [-0.25, -0.2) is 0 Å². The zero-order valence-corrected chi connectivity index (χ0v) is 7.99. The van der Waals surface area contributed by atoms with Crippen molar-refractivity contribution in [2.45, 2.75) is 6.54 Å². The number of amides is 1. The number of hydrogen-bond acceptors (Lipinski definition) is 2. The molecule has 2 rings (SSSR count). The maximum absolute atomic E-state index is 11.7. The van der Waals surface area contributed by atoms with Crippen molar-refractivity contribution in [1.82, 2.24) is 4.90 Å². The van der Waals surface area contributed by atoms with Gasteiger partial charge in [0.25, 0.3) is 5.91 Å². The quantitative estimate of drug-likeness (QED) is 0.640. The van der Waals surface area contributed by atoms with Crippen molar-refractivity contribution in [3.05, 3.63) is 29.3 Å². The van der Waals surface area contributed by atoms with Gasteiger partial charge in [0.2, 0.25) is 0 Å². The summed E-state index contributed by atoms with van der Waals surface area (Å²) in [5.74, 6) is 0.692. The molecule has 1 aromatic carbocycles. The molecule has 1 aromatic rings. The number of ether oxygens (including phenoxy) is 1. The second-order valence-electron chi connectivity index (χ2n) is 3.21. The van der Waals surface area contributed by atoms with Crippen LogP contribution in [0.25, 0.3) is 0 Å². The van der Waals surface area contributed by atoms with Gasteiger partial charge in [-0.3, -0.25) is 4.79 Å². The Morgan fingerprint density at radius 3 is 3.00 bits per heavy atom. The fourth-order valence-electron chi connectivity index (χ4n) is 1.61. The van der Waals surface area contributed by atoms with Gasteiger partial charge in [0, 0.05) is 12.1 Å². The molecule has 0 saturated heterocycles. The van der Waals surface area contributed by atoms with Crippen molar-refractivity contribution >= 4 is 13.8 Å². The topological polar surface area (TPSA) is 29.5 Å². The molecule has 0 aromatic heterocycles. The van der Waals surface area contributed by atoms with Crippen molar-refractivity contribution in [3.63, 3.8) is 0 Å². The lowest BCUT2D eigenvalue weighted by Gasteiger charge is -2.11. The molecule has 0 fully saturated rings. The summed E-state index contributed by atoms with van der Waals surface area (Å²) in [6.45, 7) is 0.606. The Labute approximate surface area is 84.1 Å². The Balaban J connectivity index is 2.40. The molecule has 2 radical (unpaired) electrons. The van der Waals surface area contributed by atoms with Gasteiger partial charge in [0.05, 0.1) is 15.0 Å². The molecular weight excluding hydrogens is 177 g/mol. The number of carbonyl (C=O) groups is 1. The minimum absolute atomic E-state index is 0.0126. The molecule has 1 aliphatic rings.